The normalized spacial score (nSPS) is 11.4. The van der Waals surface area contributed by atoms with Gasteiger partial charge in [-0.25, -0.2) is 14.6 Å². The number of nitrogens with one attached hydrogen (secondary N) is 2. The largest absolute Gasteiger partial charge is 0.455 e. The minimum absolute atomic E-state index is 0.263. The lowest BCUT2D eigenvalue weighted by molar-refractivity contribution is 0.0636. The highest BCUT2D eigenvalue weighted by Crippen LogP contribution is 2.27. The zero-order chi connectivity index (χ0) is 18.9. The number of benzene rings is 1. The van der Waals surface area contributed by atoms with Crippen LogP contribution in [0.15, 0.2) is 41.3 Å². The summed E-state index contributed by atoms with van der Waals surface area (Å²) in [5.74, 6) is 1.04. The Hall–Kier alpha value is -3.29. The molecule has 0 aliphatic heterocycles. The SMILES string of the molecule is Cn1c(=O)[nH]c2c(Oc3ccc(NC(=O)OC(C)(C)C)cc3)ccnc21. The van der Waals surface area contributed by atoms with E-state index in [1.54, 1.807) is 64.3 Å². The number of hydrogen-bond acceptors (Lipinski definition) is 5. The number of carbonyl (C=O) groups excluding carboxylic acids is 1. The smallest absolute Gasteiger partial charge is 0.412 e. The van der Waals surface area contributed by atoms with Crippen LogP contribution in [0.3, 0.4) is 0 Å². The average molecular weight is 356 g/mol. The van der Waals surface area contributed by atoms with Crippen molar-refractivity contribution in [1.82, 2.24) is 14.5 Å². The zero-order valence-corrected chi connectivity index (χ0v) is 15.0. The second kappa shape index (κ2) is 6.55. The molecule has 1 amide bonds. The number of pyridine rings is 1. The molecule has 0 aliphatic carbocycles. The van der Waals surface area contributed by atoms with Gasteiger partial charge in [-0.2, -0.15) is 0 Å². The van der Waals surface area contributed by atoms with Crippen LogP contribution in [0.4, 0.5) is 10.5 Å². The Kier molecular flexibility index (Phi) is 4.41. The van der Waals surface area contributed by atoms with Gasteiger partial charge in [0, 0.05) is 25.0 Å². The van der Waals surface area contributed by atoms with E-state index in [1.807, 2.05) is 0 Å². The fourth-order valence-electron chi connectivity index (χ4n) is 2.33. The van der Waals surface area contributed by atoms with Gasteiger partial charge in [0.05, 0.1) is 0 Å². The molecule has 3 rings (SSSR count). The number of ether oxygens (including phenoxy) is 2. The maximum Gasteiger partial charge on any atom is 0.412 e. The second-order valence-corrected chi connectivity index (χ2v) is 6.75. The Morgan fingerprint density at radius 2 is 1.88 bits per heavy atom. The number of fused-ring (bicyclic) bond motifs is 1. The first-order chi connectivity index (χ1) is 12.2. The molecule has 136 valence electrons. The number of anilines is 1. The van der Waals surface area contributed by atoms with E-state index in [1.165, 1.54) is 4.57 Å². The van der Waals surface area contributed by atoms with Crippen LogP contribution in [0.25, 0.3) is 11.2 Å². The number of aryl methyl sites for hydroxylation is 1. The van der Waals surface area contributed by atoms with E-state index < -0.39 is 11.7 Å². The molecule has 8 heteroatoms. The second-order valence-electron chi connectivity index (χ2n) is 6.75. The lowest BCUT2D eigenvalue weighted by Gasteiger charge is -2.19. The summed E-state index contributed by atoms with van der Waals surface area (Å²) in [4.78, 5) is 30.4. The fraction of sp³-hybridized carbons (Fsp3) is 0.278. The summed E-state index contributed by atoms with van der Waals surface area (Å²) in [5, 5.41) is 2.65. The maximum atomic E-state index is 11.8. The average Bonchev–Trinajstić information content (AvgIpc) is 2.84. The van der Waals surface area contributed by atoms with Gasteiger partial charge >= 0.3 is 11.8 Å². The number of carbonyl (C=O) groups is 1. The van der Waals surface area contributed by atoms with Crippen LogP contribution < -0.4 is 15.7 Å². The number of amides is 1. The van der Waals surface area contributed by atoms with E-state index in [2.05, 4.69) is 15.3 Å². The molecule has 2 heterocycles. The topological polar surface area (TPSA) is 98.2 Å². The van der Waals surface area contributed by atoms with Crippen molar-refractivity contribution in [2.24, 2.45) is 7.05 Å². The molecule has 0 bridgehead atoms. The van der Waals surface area contributed by atoms with E-state index in [4.69, 9.17) is 9.47 Å². The quantitative estimate of drug-likeness (QED) is 0.749. The number of nitrogens with zero attached hydrogens (tertiary/aromatic N) is 2. The summed E-state index contributed by atoms with van der Waals surface area (Å²) in [7, 11) is 1.63. The first kappa shape index (κ1) is 17.5. The van der Waals surface area contributed by atoms with Crippen molar-refractivity contribution in [1.29, 1.82) is 0 Å². The third kappa shape index (κ3) is 3.85. The molecule has 0 unspecified atom stereocenters. The molecule has 0 atom stereocenters. The fourth-order valence-corrected chi connectivity index (χ4v) is 2.33. The highest BCUT2D eigenvalue weighted by molar-refractivity contribution is 5.85. The third-order valence-electron chi connectivity index (χ3n) is 3.47. The molecule has 0 fully saturated rings. The van der Waals surface area contributed by atoms with E-state index in [9.17, 15) is 9.59 Å². The minimum Gasteiger partial charge on any atom is -0.455 e. The van der Waals surface area contributed by atoms with Gasteiger partial charge in [-0.3, -0.25) is 9.88 Å². The molecular formula is C18H20N4O4. The molecule has 2 N–H and O–H groups in total. The highest BCUT2D eigenvalue weighted by Gasteiger charge is 2.16. The van der Waals surface area contributed by atoms with Crippen LogP contribution in [0.2, 0.25) is 0 Å². The van der Waals surface area contributed by atoms with Gasteiger partial charge in [0.25, 0.3) is 0 Å². The summed E-state index contributed by atoms with van der Waals surface area (Å²) in [6.45, 7) is 5.40. The Morgan fingerprint density at radius 1 is 1.19 bits per heavy atom. The number of H-pyrrole nitrogens is 1. The molecule has 0 aliphatic rings. The summed E-state index contributed by atoms with van der Waals surface area (Å²) in [6.07, 6.45) is 1.05. The molecule has 0 saturated heterocycles. The standard InChI is InChI=1S/C18H20N4O4/c1-18(2,3)26-17(24)20-11-5-7-12(8-6-11)25-13-9-10-19-15-14(13)21-16(23)22(15)4/h5-10H,1-4H3,(H,20,24)(H,21,23). The van der Waals surface area contributed by atoms with E-state index in [0.717, 1.165) is 0 Å². The molecule has 0 saturated carbocycles. The lowest BCUT2D eigenvalue weighted by Crippen LogP contribution is -2.27. The van der Waals surface area contributed by atoms with Crippen LogP contribution >= 0.6 is 0 Å². The summed E-state index contributed by atoms with van der Waals surface area (Å²) in [5.41, 5.74) is 0.790. The molecule has 1 aromatic carbocycles. The van der Waals surface area contributed by atoms with Crippen molar-refractivity contribution < 1.29 is 14.3 Å². The summed E-state index contributed by atoms with van der Waals surface area (Å²) < 4.78 is 12.5. The van der Waals surface area contributed by atoms with E-state index in [0.29, 0.717) is 28.4 Å². The Balaban J connectivity index is 1.75. The summed E-state index contributed by atoms with van der Waals surface area (Å²) in [6, 6.07) is 8.49. The van der Waals surface area contributed by atoms with Crippen molar-refractivity contribution in [3.8, 4) is 11.5 Å². The van der Waals surface area contributed by atoms with Crippen molar-refractivity contribution in [3.63, 3.8) is 0 Å². The van der Waals surface area contributed by atoms with Gasteiger partial charge in [0.2, 0.25) is 0 Å². The molecule has 0 radical (unpaired) electrons. The first-order valence-electron chi connectivity index (χ1n) is 8.04. The van der Waals surface area contributed by atoms with Crippen LogP contribution in [-0.2, 0) is 11.8 Å². The first-order valence-corrected chi connectivity index (χ1v) is 8.04. The van der Waals surface area contributed by atoms with Crippen LogP contribution in [0.1, 0.15) is 20.8 Å². The lowest BCUT2D eigenvalue weighted by atomic mass is 10.2. The maximum absolute atomic E-state index is 11.8. The van der Waals surface area contributed by atoms with Crippen molar-refractivity contribution in [2.75, 3.05) is 5.32 Å². The van der Waals surface area contributed by atoms with Crippen LogP contribution in [0.5, 0.6) is 11.5 Å². The molecule has 3 aromatic rings. The number of hydrogen-bond donors (Lipinski definition) is 2. The van der Waals surface area contributed by atoms with Gasteiger partial charge in [-0.05, 0) is 45.0 Å². The van der Waals surface area contributed by atoms with Crippen LogP contribution in [-0.4, -0.2) is 26.2 Å². The molecule has 8 nitrogen and oxygen atoms in total. The van der Waals surface area contributed by atoms with Gasteiger partial charge < -0.3 is 14.5 Å². The highest BCUT2D eigenvalue weighted by atomic mass is 16.6. The van der Waals surface area contributed by atoms with Gasteiger partial charge in [0.15, 0.2) is 11.4 Å². The van der Waals surface area contributed by atoms with E-state index >= 15 is 0 Å². The number of aromatic nitrogens is 3. The molecule has 26 heavy (non-hydrogen) atoms. The van der Waals surface area contributed by atoms with Crippen molar-refractivity contribution in [3.05, 3.63) is 47.0 Å². The predicted molar refractivity (Wildman–Crippen MR) is 97.7 cm³/mol. The van der Waals surface area contributed by atoms with Crippen molar-refractivity contribution >= 4 is 22.9 Å². The van der Waals surface area contributed by atoms with Crippen LogP contribution in [0, 0.1) is 0 Å². The van der Waals surface area contributed by atoms with Gasteiger partial charge in [-0.15, -0.1) is 0 Å². The Morgan fingerprint density at radius 3 is 2.54 bits per heavy atom. The third-order valence-corrected chi connectivity index (χ3v) is 3.47. The Labute approximate surface area is 149 Å². The monoisotopic (exact) mass is 356 g/mol. The van der Waals surface area contributed by atoms with E-state index in [-0.39, 0.29) is 5.69 Å². The molecule has 0 spiro atoms. The minimum atomic E-state index is -0.563. The number of imidazole rings is 1. The predicted octanol–water partition coefficient (Wildman–Crippen LogP) is 3.40. The van der Waals surface area contributed by atoms with Gasteiger partial charge in [-0.1, -0.05) is 0 Å². The Bertz CT molecular complexity index is 997. The number of rotatable bonds is 3. The van der Waals surface area contributed by atoms with Crippen molar-refractivity contribution in [2.45, 2.75) is 26.4 Å². The van der Waals surface area contributed by atoms with Gasteiger partial charge in [0.1, 0.15) is 16.9 Å². The summed E-state index contributed by atoms with van der Waals surface area (Å²) >= 11 is 0. The molecular weight excluding hydrogens is 336 g/mol. The zero-order valence-electron chi connectivity index (χ0n) is 15.0. The number of aromatic amines is 1. The molecule has 2 aromatic heterocycles.